The van der Waals surface area contributed by atoms with Gasteiger partial charge in [0.2, 0.25) is 0 Å². The number of hydrogen-bond acceptors (Lipinski definition) is 6. The van der Waals surface area contributed by atoms with Gasteiger partial charge in [-0.05, 0) is 75.1 Å². The summed E-state index contributed by atoms with van der Waals surface area (Å²) in [6.45, 7) is 3.95. The summed E-state index contributed by atoms with van der Waals surface area (Å²) in [4.78, 5) is 35.6. The van der Waals surface area contributed by atoms with Gasteiger partial charge < -0.3 is 24.5 Å². The van der Waals surface area contributed by atoms with E-state index in [1.54, 1.807) is 25.9 Å². The lowest BCUT2D eigenvalue weighted by Crippen LogP contribution is -2.57. The fraction of sp³-hybridized carbons (Fsp3) is 0.581. The standard InChI is InChI=1S/C31H39F3N4O4/c1-4-42-24-7-5-6-23(17-24)30(41,31(32,33)34)29(40)37-14-12-20(13-15-37)16-21-18-38(19-21)26-11-10-25(28(39)36(2)3)27(35-26)22-8-9-22/h5-7,10-11,17,20-22,41H,4,8-9,12-16,18-19H2,1-3H3. The van der Waals surface area contributed by atoms with Crippen molar-refractivity contribution in [3.8, 4) is 5.75 Å². The molecule has 2 aliphatic heterocycles. The number of nitrogens with zero attached hydrogens (tertiary/aromatic N) is 4. The van der Waals surface area contributed by atoms with Crippen LogP contribution in [-0.2, 0) is 10.4 Å². The molecule has 228 valence electrons. The SMILES string of the molecule is CCOc1cccc(C(O)(C(=O)N2CCC(CC3CN(c4ccc(C(=O)N(C)C)c(C5CC5)n4)C3)CC2)C(F)(F)F)c1. The molecular formula is C31H39F3N4O4. The Balaban J connectivity index is 1.16. The van der Waals surface area contributed by atoms with Gasteiger partial charge in [-0.2, -0.15) is 13.2 Å². The summed E-state index contributed by atoms with van der Waals surface area (Å²) in [5, 5.41) is 10.9. The fourth-order valence-corrected chi connectivity index (χ4v) is 6.09. The molecule has 1 saturated carbocycles. The number of ether oxygens (including phenoxy) is 1. The first-order chi connectivity index (χ1) is 19.9. The van der Waals surface area contributed by atoms with Crippen LogP contribution in [0.3, 0.4) is 0 Å². The van der Waals surface area contributed by atoms with Crippen molar-refractivity contribution in [1.82, 2.24) is 14.8 Å². The average molecular weight is 589 g/mol. The first-order valence-electron chi connectivity index (χ1n) is 14.7. The van der Waals surface area contributed by atoms with Crippen LogP contribution in [0.5, 0.6) is 5.75 Å². The van der Waals surface area contributed by atoms with E-state index in [-0.39, 0.29) is 37.3 Å². The maximum absolute atomic E-state index is 14.2. The van der Waals surface area contributed by atoms with Gasteiger partial charge >= 0.3 is 6.18 Å². The number of benzene rings is 1. The zero-order valence-corrected chi connectivity index (χ0v) is 24.4. The number of pyridine rings is 1. The highest BCUT2D eigenvalue weighted by atomic mass is 19.4. The molecule has 0 radical (unpaired) electrons. The lowest BCUT2D eigenvalue weighted by atomic mass is 9.83. The second-order valence-corrected chi connectivity index (χ2v) is 12.0. The monoisotopic (exact) mass is 588 g/mol. The molecule has 1 aliphatic carbocycles. The number of alkyl halides is 3. The van der Waals surface area contributed by atoms with Gasteiger partial charge in [0.25, 0.3) is 17.4 Å². The van der Waals surface area contributed by atoms with Gasteiger partial charge in [0.1, 0.15) is 11.6 Å². The van der Waals surface area contributed by atoms with E-state index >= 15 is 0 Å². The minimum Gasteiger partial charge on any atom is -0.494 e. The maximum Gasteiger partial charge on any atom is 0.430 e. The molecule has 1 N–H and O–H groups in total. The molecule has 11 heteroatoms. The van der Waals surface area contributed by atoms with Crippen LogP contribution in [0.15, 0.2) is 36.4 Å². The van der Waals surface area contributed by atoms with Crippen molar-refractivity contribution < 1.29 is 32.6 Å². The van der Waals surface area contributed by atoms with E-state index in [2.05, 4.69) is 4.90 Å². The smallest absolute Gasteiger partial charge is 0.430 e. The number of amides is 2. The third kappa shape index (κ3) is 5.93. The van der Waals surface area contributed by atoms with Gasteiger partial charge in [0.15, 0.2) is 0 Å². The molecule has 1 aromatic heterocycles. The van der Waals surface area contributed by atoms with Crippen LogP contribution in [0.4, 0.5) is 19.0 Å². The van der Waals surface area contributed by atoms with E-state index in [0.717, 1.165) is 60.9 Å². The number of carbonyl (C=O) groups excluding carboxylic acids is 2. The van der Waals surface area contributed by atoms with E-state index in [9.17, 15) is 27.9 Å². The summed E-state index contributed by atoms with van der Waals surface area (Å²) in [6.07, 6.45) is -0.999. The second-order valence-electron chi connectivity index (χ2n) is 12.0. The predicted molar refractivity (Wildman–Crippen MR) is 151 cm³/mol. The van der Waals surface area contributed by atoms with Crippen molar-refractivity contribution >= 4 is 17.6 Å². The largest absolute Gasteiger partial charge is 0.494 e. The Hall–Kier alpha value is -3.34. The van der Waals surface area contributed by atoms with Crippen LogP contribution in [-0.4, -0.2) is 84.8 Å². The normalized spacial score (nSPS) is 19.7. The fourth-order valence-electron chi connectivity index (χ4n) is 6.09. The van der Waals surface area contributed by atoms with Gasteiger partial charge in [0.05, 0.1) is 17.9 Å². The van der Waals surface area contributed by atoms with Gasteiger partial charge in [-0.1, -0.05) is 12.1 Å². The van der Waals surface area contributed by atoms with Crippen molar-refractivity contribution in [3.05, 3.63) is 53.2 Å². The molecule has 0 spiro atoms. The third-order valence-corrected chi connectivity index (χ3v) is 8.64. The Bertz CT molecular complexity index is 1300. The Kier molecular flexibility index (Phi) is 8.42. The summed E-state index contributed by atoms with van der Waals surface area (Å²) in [7, 11) is 3.48. The molecule has 3 fully saturated rings. The summed E-state index contributed by atoms with van der Waals surface area (Å²) < 4.78 is 47.9. The third-order valence-electron chi connectivity index (χ3n) is 8.64. The molecule has 0 bridgehead atoms. The molecule has 2 saturated heterocycles. The second kappa shape index (κ2) is 11.7. The lowest BCUT2D eigenvalue weighted by Gasteiger charge is -2.44. The summed E-state index contributed by atoms with van der Waals surface area (Å²) in [5.41, 5.74) is -2.63. The quantitative estimate of drug-likeness (QED) is 0.462. The zero-order valence-electron chi connectivity index (χ0n) is 24.4. The molecule has 8 nitrogen and oxygen atoms in total. The molecule has 1 atom stereocenters. The zero-order chi connectivity index (χ0) is 30.2. The van der Waals surface area contributed by atoms with Crippen molar-refractivity contribution in [2.75, 3.05) is 51.8 Å². The van der Waals surface area contributed by atoms with Crippen molar-refractivity contribution in [3.63, 3.8) is 0 Å². The molecule has 3 heterocycles. The summed E-state index contributed by atoms with van der Waals surface area (Å²) in [5.74, 6) is 0.730. The molecule has 3 aliphatic rings. The number of likely N-dealkylation sites (tertiary alicyclic amines) is 1. The molecule has 1 aromatic carbocycles. The number of aliphatic hydroxyl groups is 1. The highest BCUT2D eigenvalue weighted by Crippen LogP contribution is 2.44. The number of halogens is 3. The van der Waals surface area contributed by atoms with E-state index < -0.39 is 23.2 Å². The van der Waals surface area contributed by atoms with Crippen LogP contribution in [0.1, 0.15) is 66.6 Å². The summed E-state index contributed by atoms with van der Waals surface area (Å²) >= 11 is 0. The molecule has 5 rings (SSSR count). The van der Waals surface area contributed by atoms with Gasteiger partial charge in [0, 0.05) is 51.8 Å². The Morgan fingerprint density at radius 1 is 1.05 bits per heavy atom. The van der Waals surface area contributed by atoms with Crippen molar-refractivity contribution in [2.45, 2.75) is 56.7 Å². The molecular weight excluding hydrogens is 549 g/mol. The maximum atomic E-state index is 14.2. The molecule has 2 amide bonds. The number of aromatic nitrogens is 1. The van der Waals surface area contributed by atoms with Crippen LogP contribution >= 0.6 is 0 Å². The first kappa shape index (κ1) is 30.1. The Morgan fingerprint density at radius 3 is 2.33 bits per heavy atom. The molecule has 1 unspecified atom stereocenters. The number of carbonyl (C=O) groups is 2. The Labute approximate surface area is 244 Å². The number of anilines is 1. The van der Waals surface area contributed by atoms with Gasteiger partial charge in [-0.25, -0.2) is 4.98 Å². The molecule has 2 aromatic rings. The van der Waals surface area contributed by atoms with Crippen LogP contribution < -0.4 is 9.64 Å². The van der Waals surface area contributed by atoms with Gasteiger partial charge in [-0.3, -0.25) is 9.59 Å². The first-order valence-corrected chi connectivity index (χ1v) is 14.7. The highest BCUT2D eigenvalue weighted by molar-refractivity contribution is 5.95. The van der Waals surface area contributed by atoms with E-state index in [1.165, 1.54) is 12.1 Å². The Morgan fingerprint density at radius 2 is 1.74 bits per heavy atom. The lowest BCUT2D eigenvalue weighted by molar-refractivity contribution is -0.262. The van der Waals surface area contributed by atoms with Crippen LogP contribution in [0.25, 0.3) is 0 Å². The van der Waals surface area contributed by atoms with Crippen molar-refractivity contribution in [1.29, 1.82) is 0 Å². The summed E-state index contributed by atoms with van der Waals surface area (Å²) in [6, 6.07) is 8.82. The van der Waals surface area contributed by atoms with E-state index in [1.807, 2.05) is 12.1 Å². The van der Waals surface area contributed by atoms with Gasteiger partial charge in [-0.15, -0.1) is 0 Å². The number of hydrogen-bond donors (Lipinski definition) is 1. The average Bonchev–Trinajstić information content (AvgIpc) is 3.79. The molecule has 42 heavy (non-hydrogen) atoms. The predicted octanol–water partition coefficient (Wildman–Crippen LogP) is 4.57. The minimum atomic E-state index is -5.19. The van der Waals surface area contributed by atoms with Crippen molar-refractivity contribution in [2.24, 2.45) is 11.8 Å². The minimum absolute atomic E-state index is 0.0324. The van der Waals surface area contributed by atoms with Crippen LogP contribution in [0, 0.1) is 11.8 Å². The van der Waals surface area contributed by atoms with Crippen LogP contribution in [0.2, 0.25) is 0 Å². The topological polar surface area (TPSA) is 86.2 Å². The highest BCUT2D eigenvalue weighted by Gasteiger charge is 2.62. The number of rotatable bonds is 9. The van der Waals surface area contributed by atoms with E-state index in [4.69, 9.17) is 9.72 Å². The van der Waals surface area contributed by atoms with E-state index in [0.29, 0.717) is 30.2 Å². The number of piperidine rings is 1.